The monoisotopic (exact) mass is 263 g/mol. The van der Waals surface area contributed by atoms with Crippen LogP contribution >= 0.6 is 0 Å². The third-order valence-electron chi connectivity index (χ3n) is 3.52. The van der Waals surface area contributed by atoms with Crippen LogP contribution in [0.5, 0.6) is 0 Å². The van der Waals surface area contributed by atoms with Gasteiger partial charge in [0.15, 0.2) is 0 Å². The van der Waals surface area contributed by atoms with Crippen LogP contribution in [0.25, 0.3) is 0 Å². The molecule has 2 rings (SSSR count). The highest BCUT2D eigenvalue weighted by Crippen LogP contribution is 2.21. The molecule has 1 nitrogen and oxygen atoms in total. The summed E-state index contributed by atoms with van der Waals surface area (Å²) in [6, 6.07) is 21.5. The second kappa shape index (κ2) is 7.53. The van der Waals surface area contributed by atoms with Crippen molar-refractivity contribution in [1.29, 1.82) is 0 Å². The summed E-state index contributed by atoms with van der Waals surface area (Å²) in [6.45, 7) is 5.86. The first kappa shape index (κ1) is 14.4. The quantitative estimate of drug-likeness (QED) is 0.728. The summed E-state index contributed by atoms with van der Waals surface area (Å²) >= 11 is 0. The van der Waals surface area contributed by atoms with Crippen LogP contribution in [-0.2, 0) is 6.54 Å². The molecule has 0 heterocycles. The van der Waals surface area contributed by atoms with Crippen LogP contribution in [0.4, 0.5) is 0 Å². The molecule has 0 aromatic heterocycles. The summed E-state index contributed by atoms with van der Waals surface area (Å²) in [6.07, 6.45) is 0. The minimum absolute atomic E-state index is 0.359. The second-order valence-electron chi connectivity index (χ2n) is 4.90. The van der Waals surface area contributed by atoms with Crippen molar-refractivity contribution in [1.82, 2.24) is 4.90 Å². The van der Waals surface area contributed by atoms with Crippen LogP contribution in [0.2, 0.25) is 0 Å². The average Bonchev–Trinajstić information content (AvgIpc) is 2.52. The summed E-state index contributed by atoms with van der Waals surface area (Å²) in [5.41, 5.74) is 2.66. The normalized spacial score (nSPS) is 11.8. The van der Waals surface area contributed by atoms with Crippen LogP contribution in [0.15, 0.2) is 60.7 Å². The van der Waals surface area contributed by atoms with Crippen LogP contribution in [0, 0.1) is 11.8 Å². The standard InChI is InChI=1S/C19H21N/c1-3-4-15-20(16-18-11-7-5-8-12-18)17(2)19-13-9-6-10-14-19/h5-14,17H,15-16H2,1-2H3. The van der Waals surface area contributed by atoms with E-state index >= 15 is 0 Å². The maximum Gasteiger partial charge on any atom is 0.0609 e. The summed E-state index contributed by atoms with van der Waals surface area (Å²) in [5, 5.41) is 0. The van der Waals surface area contributed by atoms with Gasteiger partial charge in [-0.2, -0.15) is 0 Å². The zero-order valence-electron chi connectivity index (χ0n) is 12.2. The van der Waals surface area contributed by atoms with E-state index < -0.39 is 0 Å². The van der Waals surface area contributed by atoms with Gasteiger partial charge < -0.3 is 0 Å². The van der Waals surface area contributed by atoms with E-state index in [1.807, 2.05) is 6.92 Å². The Morgan fingerprint density at radius 2 is 1.55 bits per heavy atom. The molecule has 0 saturated heterocycles. The minimum atomic E-state index is 0.359. The fourth-order valence-electron chi connectivity index (χ4n) is 2.27. The molecule has 0 spiro atoms. The van der Waals surface area contributed by atoms with Crippen molar-refractivity contribution < 1.29 is 0 Å². The summed E-state index contributed by atoms with van der Waals surface area (Å²) in [4.78, 5) is 2.40. The molecule has 0 fully saturated rings. The van der Waals surface area contributed by atoms with E-state index in [-0.39, 0.29) is 0 Å². The molecule has 0 amide bonds. The predicted octanol–water partition coefficient (Wildman–Crippen LogP) is 4.27. The Hall–Kier alpha value is -2.04. The van der Waals surface area contributed by atoms with Crippen LogP contribution in [0.3, 0.4) is 0 Å². The Bertz CT molecular complexity index is 563. The molecule has 1 heteroatoms. The lowest BCUT2D eigenvalue weighted by Gasteiger charge is -2.27. The zero-order chi connectivity index (χ0) is 14.2. The van der Waals surface area contributed by atoms with Crippen LogP contribution in [-0.4, -0.2) is 11.4 Å². The second-order valence-corrected chi connectivity index (χ2v) is 4.90. The number of rotatable bonds is 5. The maximum atomic E-state index is 3.20. The lowest BCUT2D eigenvalue weighted by Crippen LogP contribution is -2.27. The maximum absolute atomic E-state index is 3.20. The van der Waals surface area contributed by atoms with Gasteiger partial charge in [-0.15, -0.1) is 5.92 Å². The number of hydrogen-bond donors (Lipinski definition) is 0. The highest BCUT2D eigenvalue weighted by Gasteiger charge is 2.14. The highest BCUT2D eigenvalue weighted by molar-refractivity contribution is 5.20. The molecular formula is C19H21N. The van der Waals surface area contributed by atoms with E-state index in [2.05, 4.69) is 84.3 Å². The molecule has 0 N–H and O–H groups in total. The smallest absolute Gasteiger partial charge is 0.0609 e. The minimum Gasteiger partial charge on any atom is -0.281 e. The topological polar surface area (TPSA) is 3.24 Å². The number of benzene rings is 2. The van der Waals surface area contributed by atoms with Gasteiger partial charge in [0, 0.05) is 12.6 Å². The van der Waals surface area contributed by atoms with Crippen molar-refractivity contribution in [2.75, 3.05) is 6.54 Å². The van der Waals surface area contributed by atoms with Crippen molar-refractivity contribution in [3.05, 3.63) is 71.8 Å². The zero-order valence-corrected chi connectivity index (χ0v) is 12.2. The number of nitrogens with zero attached hydrogens (tertiary/aromatic N) is 1. The van der Waals surface area contributed by atoms with Gasteiger partial charge in [0.2, 0.25) is 0 Å². The molecule has 0 aliphatic rings. The lowest BCUT2D eigenvalue weighted by atomic mass is 10.1. The molecule has 1 atom stereocenters. The molecule has 1 unspecified atom stereocenters. The van der Waals surface area contributed by atoms with Crippen molar-refractivity contribution in [2.24, 2.45) is 0 Å². The first-order chi connectivity index (χ1) is 9.81. The number of hydrogen-bond acceptors (Lipinski definition) is 1. The molecule has 0 bridgehead atoms. The van der Waals surface area contributed by atoms with Crippen LogP contribution < -0.4 is 0 Å². The van der Waals surface area contributed by atoms with E-state index in [9.17, 15) is 0 Å². The van der Waals surface area contributed by atoms with Gasteiger partial charge in [-0.1, -0.05) is 66.6 Å². The van der Waals surface area contributed by atoms with Gasteiger partial charge in [-0.05, 0) is 25.0 Å². The van der Waals surface area contributed by atoms with E-state index in [1.165, 1.54) is 11.1 Å². The van der Waals surface area contributed by atoms with Gasteiger partial charge in [-0.3, -0.25) is 4.90 Å². The SMILES string of the molecule is CC#CCN(Cc1ccccc1)C(C)c1ccccc1. The first-order valence-electron chi connectivity index (χ1n) is 7.04. The molecule has 0 radical (unpaired) electrons. The van der Waals surface area contributed by atoms with Crippen LogP contribution in [0.1, 0.15) is 31.0 Å². The fourth-order valence-corrected chi connectivity index (χ4v) is 2.27. The van der Waals surface area contributed by atoms with Gasteiger partial charge in [0.05, 0.1) is 6.54 Å². The molecular weight excluding hydrogens is 242 g/mol. The van der Waals surface area contributed by atoms with Crippen molar-refractivity contribution in [2.45, 2.75) is 26.4 Å². The Balaban J connectivity index is 2.16. The molecule has 2 aromatic carbocycles. The van der Waals surface area contributed by atoms with Crippen molar-refractivity contribution in [3.63, 3.8) is 0 Å². The predicted molar refractivity (Wildman–Crippen MR) is 85.2 cm³/mol. The molecule has 0 saturated carbocycles. The fraction of sp³-hybridized carbons (Fsp3) is 0.263. The summed E-state index contributed by atoms with van der Waals surface area (Å²) in [7, 11) is 0. The Labute approximate surface area is 122 Å². The first-order valence-corrected chi connectivity index (χ1v) is 7.04. The molecule has 20 heavy (non-hydrogen) atoms. The van der Waals surface area contributed by atoms with E-state index in [4.69, 9.17) is 0 Å². The Morgan fingerprint density at radius 3 is 2.15 bits per heavy atom. The largest absolute Gasteiger partial charge is 0.281 e. The van der Waals surface area contributed by atoms with Crippen molar-refractivity contribution >= 4 is 0 Å². The van der Waals surface area contributed by atoms with Gasteiger partial charge in [-0.25, -0.2) is 0 Å². The van der Waals surface area contributed by atoms with E-state index in [0.717, 1.165) is 13.1 Å². The Morgan fingerprint density at radius 1 is 0.950 bits per heavy atom. The van der Waals surface area contributed by atoms with E-state index in [0.29, 0.717) is 6.04 Å². The molecule has 0 aliphatic carbocycles. The van der Waals surface area contributed by atoms with Gasteiger partial charge >= 0.3 is 0 Å². The molecule has 102 valence electrons. The van der Waals surface area contributed by atoms with Crippen molar-refractivity contribution in [3.8, 4) is 11.8 Å². The van der Waals surface area contributed by atoms with Gasteiger partial charge in [0.25, 0.3) is 0 Å². The third kappa shape index (κ3) is 3.98. The van der Waals surface area contributed by atoms with Gasteiger partial charge in [0.1, 0.15) is 0 Å². The van der Waals surface area contributed by atoms with E-state index in [1.54, 1.807) is 0 Å². The lowest BCUT2D eigenvalue weighted by molar-refractivity contribution is 0.229. The average molecular weight is 263 g/mol. The summed E-state index contributed by atoms with van der Waals surface area (Å²) in [5.74, 6) is 6.19. The Kier molecular flexibility index (Phi) is 5.41. The summed E-state index contributed by atoms with van der Waals surface area (Å²) < 4.78 is 0. The third-order valence-corrected chi connectivity index (χ3v) is 3.52. The molecule has 2 aromatic rings. The highest BCUT2D eigenvalue weighted by atomic mass is 15.1. The molecule has 0 aliphatic heterocycles.